The average molecular weight is 335 g/mol. The van der Waals surface area contributed by atoms with Gasteiger partial charge in [-0.1, -0.05) is 54.2 Å². The molecule has 0 bridgehead atoms. The molecule has 0 spiro atoms. The zero-order valence-electron chi connectivity index (χ0n) is 13.8. The molecule has 4 rings (SSSR count). The largest absolute Gasteiger partial charge is 0.455 e. The quantitative estimate of drug-likeness (QED) is 0.466. The summed E-state index contributed by atoms with van der Waals surface area (Å²) in [7, 11) is 0. The first-order chi connectivity index (χ1) is 12.8. The van der Waals surface area contributed by atoms with Crippen molar-refractivity contribution >= 4 is 5.97 Å². The average Bonchev–Trinajstić information content (AvgIpc) is 3.07. The van der Waals surface area contributed by atoms with Gasteiger partial charge in [-0.05, 0) is 36.3 Å². The van der Waals surface area contributed by atoms with E-state index >= 15 is 0 Å². The van der Waals surface area contributed by atoms with Crippen molar-refractivity contribution in [1.82, 2.24) is 4.98 Å². The second-order valence-electron chi connectivity index (χ2n) is 5.68. The van der Waals surface area contributed by atoms with Crippen molar-refractivity contribution in [3.8, 4) is 23.7 Å². The van der Waals surface area contributed by atoms with Gasteiger partial charge in [0.05, 0.1) is 5.69 Å². The van der Waals surface area contributed by atoms with Gasteiger partial charge in [0.15, 0.2) is 0 Å². The van der Waals surface area contributed by atoms with Crippen LogP contribution in [0.25, 0.3) is 0 Å². The van der Waals surface area contributed by atoms with Crippen molar-refractivity contribution in [2.24, 2.45) is 0 Å². The number of rotatable bonds is 0. The molecular formula is C23H13NO2. The second kappa shape index (κ2) is 6.97. The molecule has 0 radical (unpaired) electrons. The van der Waals surface area contributed by atoms with Crippen molar-refractivity contribution < 1.29 is 9.53 Å². The molecule has 0 unspecified atom stereocenters. The Labute approximate surface area is 151 Å². The first kappa shape index (κ1) is 15.7. The van der Waals surface area contributed by atoms with Gasteiger partial charge in [0.25, 0.3) is 0 Å². The Bertz CT molecular complexity index is 1100. The number of carbonyl (C=O) groups is 1. The minimum Gasteiger partial charge on any atom is -0.455 e. The van der Waals surface area contributed by atoms with Gasteiger partial charge in [0, 0.05) is 16.7 Å². The van der Waals surface area contributed by atoms with Crippen molar-refractivity contribution in [2.45, 2.75) is 6.61 Å². The standard InChI is InChI=1S/C23H13NO2/c25-23-22-19(13-11-17-7-3-1-4-8-17)15-20(24-21(22)16-26-23)14-12-18-9-5-2-6-10-18/h1-10,15H,16H2. The highest BCUT2D eigenvalue weighted by Crippen LogP contribution is 2.22. The van der Waals surface area contributed by atoms with Crippen LogP contribution in [0.3, 0.4) is 0 Å². The predicted octanol–water partition coefficient (Wildman–Crippen LogP) is 3.55. The summed E-state index contributed by atoms with van der Waals surface area (Å²) in [6.07, 6.45) is 0. The molecule has 0 aliphatic carbocycles. The molecule has 3 heteroatoms. The minimum atomic E-state index is -0.382. The van der Waals surface area contributed by atoms with Crippen LogP contribution in [0, 0.1) is 23.7 Å². The summed E-state index contributed by atoms with van der Waals surface area (Å²) in [6.45, 7) is 0.162. The van der Waals surface area contributed by atoms with E-state index in [0.717, 1.165) is 11.1 Å². The normalized spacial score (nSPS) is 11.5. The van der Waals surface area contributed by atoms with E-state index in [0.29, 0.717) is 22.5 Å². The highest BCUT2D eigenvalue weighted by Gasteiger charge is 2.26. The fraction of sp³-hybridized carbons (Fsp3) is 0.0435. The predicted molar refractivity (Wildman–Crippen MR) is 98.2 cm³/mol. The summed E-state index contributed by atoms with van der Waals surface area (Å²) in [4.78, 5) is 16.5. The third-order valence-electron chi connectivity index (χ3n) is 3.86. The molecule has 3 nitrogen and oxygen atoms in total. The lowest BCUT2D eigenvalue weighted by Gasteiger charge is -2.00. The number of cyclic esters (lactones) is 1. The third-order valence-corrected chi connectivity index (χ3v) is 3.86. The van der Waals surface area contributed by atoms with E-state index in [-0.39, 0.29) is 12.6 Å². The topological polar surface area (TPSA) is 39.2 Å². The maximum Gasteiger partial charge on any atom is 0.341 e. The van der Waals surface area contributed by atoms with E-state index in [2.05, 4.69) is 28.7 Å². The SMILES string of the molecule is O=C1OCc2nc(C#Cc3ccccc3)cc(C#Cc3ccccc3)c21. The molecule has 0 fully saturated rings. The molecule has 26 heavy (non-hydrogen) atoms. The Balaban J connectivity index is 1.76. The highest BCUT2D eigenvalue weighted by atomic mass is 16.5. The van der Waals surface area contributed by atoms with Crippen LogP contribution in [0.5, 0.6) is 0 Å². The summed E-state index contributed by atoms with van der Waals surface area (Å²) in [5.74, 6) is 11.9. The molecule has 0 saturated heterocycles. The fourth-order valence-electron chi connectivity index (χ4n) is 2.62. The van der Waals surface area contributed by atoms with Crippen LogP contribution in [0.1, 0.15) is 38.4 Å². The summed E-state index contributed by atoms with van der Waals surface area (Å²) >= 11 is 0. The molecule has 0 saturated carbocycles. The van der Waals surface area contributed by atoms with Crippen LogP contribution < -0.4 is 0 Å². The molecule has 1 aliphatic rings. The second-order valence-corrected chi connectivity index (χ2v) is 5.68. The maximum atomic E-state index is 12.0. The van der Waals surface area contributed by atoms with Crippen molar-refractivity contribution in [3.63, 3.8) is 0 Å². The van der Waals surface area contributed by atoms with Crippen molar-refractivity contribution in [3.05, 3.63) is 100 Å². The summed E-state index contributed by atoms with van der Waals surface area (Å²) in [6, 6.07) is 21.0. The Morgan fingerprint density at radius 3 is 2.08 bits per heavy atom. The van der Waals surface area contributed by atoms with Gasteiger partial charge in [0.1, 0.15) is 17.9 Å². The Morgan fingerprint density at radius 2 is 1.42 bits per heavy atom. The van der Waals surface area contributed by atoms with Crippen molar-refractivity contribution in [2.75, 3.05) is 0 Å². The lowest BCUT2D eigenvalue weighted by molar-refractivity contribution is 0.0533. The highest BCUT2D eigenvalue weighted by molar-refractivity contribution is 5.95. The lowest BCUT2D eigenvalue weighted by Crippen LogP contribution is -2.01. The first-order valence-corrected chi connectivity index (χ1v) is 8.15. The van der Waals surface area contributed by atoms with Gasteiger partial charge in [-0.25, -0.2) is 9.78 Å². The van der Waals surface area contributed by atoms with Crippen LogP contribution in [-0.4, -0.2) is 11.0 Å². The number of carbonyl (C=O) groups excluding carboxylic acids is 1. The summed E-state index contributed by atoms with van der Waals surface area (Å²) in [5, 5.41) is 0. The van der Waals surface area contributed by atoms with E-state index < -0.39 is 0 Å². The number of fused-ring (bicyclic) bond motifs is 1. The Morgan fingerprint density at radius 1 is 0.808 bits per heavy atom. The van der Waals surface area contributed by atoms with Gasteiger partial charge in [-0.15, -0.1) is 0 Å². The van der Waals surface area contributed by atoms with Crippen LogP contribution in [0.2, 0.25) is 0 Å². The van der Waals surface area contributed by atoms with E-state index in [1.807, 2.05) is 60.7 Å². The molecule has 3 aromatic rings. The Hall–Kier alpha value is -3.82. The maximum absolute atomic E-state index is 12.0. The van der Waals surface area contributed by atoms with Crippen LogP contribution in [0.4, 0.5) is 0 Å². The first-order valence-electron chi connectivity index (χ1n) is 8.15. The van der Waals surface area contributed by atoms with E-state index in [1.54, 1.807) is 6.07 Å². The van der Waals surface area contributed by atoms with Gasteiger partial charge in [0.2, 0.25) is 0 Å². The number of esters is 1. The van der Waals surface area contributed by atoms with Gasteiger partial charge in [-0.3, -0.25) is 0 Å². The zero-order valence-corrected chi connectivity index (χ0v) is 13.8. The molecule has 0 atom stereocenters. The molecule has 1 aliphatic heterocycles. The van der Waals surface area contributed by atoms with Crippen molar-refractivity contribution in [1.29, 1.82) is 0 Å². The summed E-state index contributed by atoms with van der Waals surface area (Å²) < 4.78 is 5.12. The zero-order chi connectivity index (χ0) is 17.8. The van der Waals surface area contributed by atoms with E-state index in [4.69, 9.17) is 4.74 Å². The third kappa shape index (κ3) is 3.34. The molecule has 2 heterocycles. The van der Waals surface area contributed by atoms with Gasteiger partial charge < -0.3 is 4.74 Å². The minimum absolute atomic E-state index is 0.162. The number of pyridine rings is 1. The number of nitrogens with zero attached hydrogens (tertiary/aromatic N) is 1. The lowest BCUT2D eigenvalue weighted by atomic mass is 10.1. The molecule has 122 valence electrons. The Kier molecular flexibility index (Phi) is 4.21. The molecule has 1 aromatic heterocycles. The van der Waals surface area contributed by atoms with Crippen LogP contribution in [0.15, 0.2) is 66.7 Å². The van der Waals surface area contributed by atoms with E-state index in [1.165, 1.54) is 0 Å². The number of benzene rings is 2. The number of aromatic nitrogens is 1. The molecule has 2 aromatic carbocycles. The molecule has 0 amide bonds. The van der Waals surface area contributed by atoms with E-state index in [9.17, 15) is 4.79 Å². The number of hydrogen-bond donors (Lipinski definition) is 0. The van der Waals surface area contributed by atoms with Crippen LogP contribution >= 0.6 is 0 Å². The summed E-state index contributed by atoms with van der Waals surface area (Å²) in [5.41, 5.74) is 3.98. The van der Waals surface area contributed by atoms with Gasteiger partial charge in [-0.2, -0.15) is 0 Å². The smallest absolute Gasteiger partial charge is 0.341 e. The number of ether oxygens (including phenoxy) is 1. The van der Waals surface area contributed by atoms with Gasteiger partial charge >= 0.3 is 5.97 Å². The fourth-order valence-corrected chi connectivity index (χ4v) is 2.62. The number of hydrogen-bond acceptors (Lipinski definition) is 3. The van der Waals surface area contributed by atoms with Crippen LogP contribution in [-0.2, 0) is 11.3 Å². The molecule has 0 N–H and O–H groups in total. The molecular weight excluding hydrogens is 322 g/mol. The monoisotopic (exact) mass is 335 g/mol.